The molecule has 0 radical (unpaired) electrons. The van der Waals surface area contributed by atoms with Gasteiger partial charge in [-0.1, -0.05) is 24.0 Å². The van der Waals surface area contributed by atoms with Gasteiger partial charge in [0.25, 0.3) is 5.91 Å². The molecule has 146 valence electrons. The standard InChI is InChI=1S/C19H22BrNO4S2/c1-3-23-15-10-16(24-4-2)14(20)8-12(15)9-17-18(22)21(19(26)27-17)11-13-6-5-7-25-13/h8-10,13H,3-7,11H2,1-2H3/b17-9-/t13-/m1/s1. The lowest BCUT2D eigenvalue weighted by Crippen LogP contribution is -2.35. The summed E-state index contributed by atoms with van der Waals surface area (Å²) in [4.78, 5) is 15.1. The third kappa shape index (κ3) is 4.85. The molecule has 2 saturated heterocycles. The zero-order chi connectivity index (χ0) is 19.4. The lowest BCUT2D eigenvalue weighted by Gasteiger charge is -2.18. The summed E-state index contributed by atoms with van der Waals surface area (Å²) in [5, 5.41) is 0. The number of amides is 1. The summed E-state index contributed by atoms with van der Waals surface area (Å²) >= 11 is 10.3. The molecule has 1 atom stereocenters. The number of hydrogen-bond donors (Lipinski definition) is 0. The quantitative estimate of drug-likeness (QED) is 0.426. The summed E-state index contributed by atoms with van der Waals surface area (Å²) in [6.45, 7) is 6.22. The largest absolute Gasteiger partial charge is 0.493 e. The average molecular weight is 472 g/mol. The van der Waals surface area contributed by atoms with Crippen molar-refractivity contribution < 1.29 is 19.0 Å². The highest BCUT2D eigenvalue weighted by molar-refractivity contribution is 9.10. The first-order valence-corrected chi connectivity index (χ1v) is 11.0. The molecule has 2 fully saturated rings. The van der Waals surface area contributed by atoms with Crippen LogP contribution in [0.5, 0.6) is 11.5 Å². The number of thioether (sulfide) groups is 1. The lowest BCUT2D eigenvalue weighted by molar-refractivity contribution is -0.123. The van der Waals surface area contributed by atoms with Gasteiger partial charge in [0.1, 0.15) is 15.8 Å². The van der Waals surface area contributed by atoms with E-state index in [1.807, 2.05) is 32.1 Å². The summed E-state index contributed by atoms with van der Waals surface area (Å²) in [5.74, 6) is 1.31. The van der Waals surface area contributed by atoms with Crippen molar-refractivity contribution >= 4 is 56.2 Å². The summed E-state index contributed by atoms with van der Waals surface area (Å²) < 4.78 is 18.4. The third-order valence-electron chi connectivity index (χ3n) is 4.23. The van der Waals surface area contributed by atoms with Crippen LogP contribution < -0.4 is 9.47 Å². The van der Waals surface area contributed by atoms with Crippen LogP contribution in [-0.2, 0) is 9.53 Å². The molecule has 2 aliphatic rings. The van der Waals surface area contributed by atoms with Gasteiger partial charge in [-0.25, -0.2) is 0 Å². The van der Waals surface area contributed by atoms with Crippen molar-refractivity contribution in [3.8, 4) is 11.5 Å². The van der Waals surface area contributed by atoms with Crippen molar-refractivity contribution in [2.24, 2.45) is 0 Å². The molecule has 2 aliphatic heterocycles. The zero-order valence-corrected chi connectivity index (χ0v) is 18.5. The molecule has 0 unspecified atom stereocenters. The van der Waals surface area contributed by atoms with Crippen molar-refractivity contribution in [3.05, 3.63) is 27.1 Å². The highest BCUT2D eigenvalue weighted by Crippen LogP contribution is 2.38. The monoisotopic (exact) mass is 471 g/mol. The fourth-order valence-corrected chi connectivity index (χ4v) is 4.74. The number of thiocarbonyl (C=S) groups is 1. The van der Waals surface area contributed by atoms with Gasteiger partial charge >= 0.3 is 0 Å². The van der Waals surface area contributed by atoms with Crippen molar-refractivity contribution in [2.45, 2.75) is 32.8 Å². The Morgan fingerprint density at radius 2 is 2.07 bits per heavy atom. The molecule has 1 aromatic rings. The van der Waals surface area contributed by atoms with E-state index in [0.29, 0.717) is 40.5 Å². The molecule has 0 saturated carbocycles. The first-order valence-electron chi connectivity index (χ1n) is 8.99. The van der Waals surface area contributed by atoms with E-state index in [9.17, 15) is 4.79 Å². The van der Waals surface area contributed by atoms with Crippen molar-refractivity contribution in [3.63, 3.8) is 0 Å². The Labute approximate surface area is 177 Å². The molecular weight excluding hydrogens is 450 g/mol. The molecule has 1 aromatic carbocycles. The van der Waals surface area contributed by atoms with E-state index in [0.717, 1.165) is 29.5 Å². The fraction of sp³-hybridized carbons (Fsp3) is 0.474. The number of benzene rings is 1. The Hall–Kier alpha value is -1.09. The Kier molecular flexibility index (Phi) is 7.19. The molecule has 2 heterocycles. The van der Waals surface area contributed by atoms with Crippen LogP contribution in [0.3, 0.4) is 0 Å². The fourth-order valence-electron chi connectivity index (χ4n) is 3.00. The van der Waals surface area contributed by atoms with Gasteiger partial charge in [-0.2, -0.15) is 0 Å². The lowest BCUT2D eigenvalue weighted by atomic mass is 10.1. The highest BCUT2D eigenvalue weighted by atomic mass is 79.9. The number of carbonyl (C=O) groups is 1. The molecule has 1 amide bonds. The first kappa shape index (κ1) is 20.6. The Bertz CT molecular complexity index is 762. The molecule has 0 spiro atoms. The summed E-state index contributed by atoms with van der Waals surface area (Å²) in [6.07, 6.45) is 3.91. The van der Waals surface area contributed by atoms with E-state index in [4.69, 9.17) is 26.4 Å². The van der Waals surface area contributed by atoms with E-state index in [1.165, 1.54) is 11.8 Å². The van der Waals surface area contributed by atoms with Gasteiger partial charge in [-0.3, -0.25) is 9.69 Å². The number of carbonyl (C=O) groups excluding carboxylic acids is 1. The molecule has 8 heteroatoms. The molecule has 0 aliphatic carbocycles. The van der Waals surface area contributed by atoms with Crippen LogP contribution in [-0.4, -0.2) is 47.6 Å². The molecule has 0 aromatic heterocycles. The van der Waals surface area contributed by atoms with Crippen LogP contribution in [0.25, 0.3) is 6.08 Å². The number of rotatable bonds is 7. The van der Waals surface area contributed by atoms with Crippen LogP contribution in [0.4, 0.5) is 0 Å². The zero-order valence-electron chi connectivity index (χ0n) is 15.3. The Morgan fingerprint density at radius 3 is 2.74 bits per heavy atom. The molecule has 5 nitrogen and oxygen atoms in total. The van der Waals surface area contributed by atoms with Gasteiger partial charge in [-0.05, 0) is 54.8 Å². The normalized spacial score (nSPS) is 21.4. The van der Waals surface area contributed by atoms with E-state index in [1.54, 1.807) is 4.90 Å². The van der Waals surface area contributed by atoms with E-state index in [-0.39, 0.29) is 12.0 Å². The van der Waals surface area contributed by atoms with E-state index in [2.05, 4.69) is 15.9 Å². The second kappa shape index (κ2) is 9.41. The van der Waals surface area contributed by atoms with Gasteiger partial charge in [0.15, 0.2) is 0 Å². The molecule has 0 N–H and O–H groups in total. The average Bonchev–Trinajstić information content (AvgIpc) is 3.23. The summed E-state index contributed by atoms with van der Waals surface area (Å²) in [5.41, 5.74) is 0.810. The van der Waals surface area contributed by atoms with Crippen LogP contribution >= 0.6 is 39.9 Å². The maximum absolute atomic E-state index is 12.8. The molecule has 0 bridgehead atoms. The number of hydrogen-bond acceptors (Lipinski definition) is 6. The Morgan fingerprint density at radius 1 is 1.33 bits per heavy atom. The minimum atomic E-state index is -0.0760. The van der Waals surface area contributed by atoms with Crippen molar-refractivity contribution in [1.29, 1.82) is 0 Å². The van der Waals surface area contributed by atoms with Crippen molar-refractivity contribution in [2.75, 3.05) is 26.4 Å². The van der Waals surface area contributed by atoms with Gasteiger partial charge < -0.3 is 14.2 Å². The molecule has 3 rings (SSSR count). The predicted octanol–water partition coefficient (Wildman–Crippen LogP) is 4.63. The third-order valence-corrected chi connectivity index (χ3v) is 6.23. The second-order valence-electron chi connectivity index (χ2n) is 6.11. The number of halogens is 1. The van der Waals surface area contributed by atoms with Gasteiger partial charge in [0, 0.05) is 18.2 Å². The molecule has 27 heavy (non-hydrogen) atoms. The summed E-state index contributed by atoms with van der Waals surface area (Å²) in [6, 6.07) is 3.75. The SMILES string of the molecule is CCOc1cc(OCC)c(/C=C2\SC(=S)N(C[C@H]3CCCO3)C2=O)cc1Br. The van der Waals surface area contributed by atoms with Gasteiger partial charge in [-0.15, -0.1) is 0 Å². The number of ether oxygens (including phenoxy) is 3. The van der Waals surface area contributed by atoms with Crippen molar-refractivity contribution in [1.82, 2.24) is 4.90 Å². The van der Waals surface area contributed by atoms with Crippen LogP contribution in [0, 0.1) is 0 Å². The smallest absolute Gasteiger partial charge is 0.266 e. The van der Waals surface area contributed by atoms with Gasteiger partial charge in [0.2, 0.25) is 0 Å². The summed E-state index contributed by atoms with van der Waals surface area (Å²) in [7, 11) is 0. The molecular formula is C19H22BrNO4S2. The predicted molar refractivity (Wildman–Crippen MR) is 115 cm³/mol. The minimum Gasteiger partial charge on any atom is -0.493 e. The topological polar surface area (TPSA) is 48.0 Å². The second-order valence-corrected chi connectivity index (χ2v) is 8.64. The van der Waals surface area contributed by atoms with Crippen LogP contribution in [0.15, 0.2) is 21.5 Å². The van der Waals surface area contributed by atoms with Gasteiger partial charge in [0.05, 0.1) is 35.2 Å². The van der Waals surface area contributed by atoms with E-state index < -0.39 is 0 Å². The number of nitrogens with zero attached hydrogens (tertiary/aromatic N) is 1. The van der Waals surface area contributed by atoms with Crippen LogP contribution in [0.2, 0.25) is 0 Å². The minimum absolute atomic E-state index is 0.0745. The first-order chi connectivity index (χ1) is 13.0. The van der Waals surface area contributed by atoms with E-state index >= 15 is 0 Å². The maximum Gasteiger partial charge on any atom is 0.266 e. The maximum atomic E-state index is 12.8. The Balaban J connectivity index is 1.85. The van der Waals surface area contributed by atoms with Crippen LogP contribution in [0.1, 0.15) is 32.3 Å². The highest BCUT2D eigenvalue weighted by Gasteiger charge is 2.34.